The molecule has 8 heteroatoms. The largest absolute Gasteiger partial charge is 0.352 e. The number of anilines is 2. The molecule has 4 rings (SSSR count). The molecule has 0 radical (unpaired) electrons. The Morgan fingerprint density at radius 3 is 2.56 bits per heavy atom. The molecule has 3 aromatic rings. The van der Waals surface area contributed by atoms with Crippen LogP contribution in [-0.4, -0.2) is 45.9 Å². The maximum absolute atomic E-state index is 11.9. The van der Waals surface area contributed by atoms with E-state index >= 15 is 0 Å². The van der Waals surface area contributed by atoms with Crippen LogP contribution in [0.25, 0.3) is 10.2 Å². The molecule has 0 saturated carbocycles. The topological polar surface area (TPSA) is 67.2 Å². The number of piperazine rings is 1. The summed E-state index contributed by atoms with van der Waals surface area (Å²) in [7, 11) is 0. The molecule has 0 spiro atoms. The predicted molar refractivity (Wildman–Crippen MR) is 101 cm³/mol. The molecule has 0 aromatic carbocycles. The van der Waals surface area contributed by atoms with Gasteiger partial charge in [0, 0.05) is 32.2 Å². The number of fused-ring (bicyclic) bond motifs is 1. The van der Waals surface area contributed by atoms with E-state index in [0.717, 1.165) is 48.0 Å². The Morgan fingerprint density at radius 2 is 1.80 bits per heavy atom. The number of nitrogens with zero attached hydrogens (tertiary/aromatic N) is 6. The van der Waals surface area contributed by atoms with Crippen molar-refractivity contribution >= 4 is 33.2 Å². The molecular formula is C17H20N6OS. The van der Waals surface area contributed by atoms with E-state index < -0.39 is 0 Å². The van der Waals surface area contributed by atoms with Crippen LogP contribution in [-0.2, 0) is 0 Å². The van der Waals surface area contributed by atoms with E-state index in [1.807, 2.05) is 19.9 Å². The summed E-state index contributed by atoms with van der Waals surface area (Å²) in [5.74, 6) is 1.86. The molecule has 7 nitrogen and oxygen atoms in total. The van der Waals surface area contributed by atoms with Gasteiger partial charge >= 0.3 is 0 Å². The van der Waals surface area contributed by atoms with Gasteiger partial charge in [-0.2, -0.15) is 5.10 Å². The average Bonchev–Trinajstić information content (AvgIpc) is 3.11. The standard InChI is InChI=1S/C17H20N6OS/c1-12(2)23-15(24)4-3-14(20-23)21-6-8-22(9-7-21)16-13-5-10-25-17(13)19-11-18-16/h3-5,10-12H,6-9H2,1-2H3. The maximum atomic E-state index is 11.9. The predicted octanol–water partition coefficient (Wildman–Crippen LogP) is 2.16. The average molecular weight is 356 g/mol. The zero-order valence-electron chi connectivity index (χ0n) is 14.3. The van der Waals surface area contributed by atoms with Crippen molar-refractivity contribution in [2.24, 2.45) is 0 Å². The number of hydrogen-bond acceptors (Lipinski definition) is 7. The van der Waals surface area contributed by atoms with Crippen LogP contribution in [0.1, 0.15) is 19.9 Å². The Morgan fingerprint density at radius 1 is 1.04 bits per heavy atom. The van der Waals surface area contributed by atoms with Crippen molar-refractivity contribution in [2.45, 2.75) is 19.9 Å². The number of thiophene rings is 1. The molecule has 0 amide bonds. The summed E-state index contributed by atoms with van der Waals surface area (Å²) in [6.07, 6.45) is 1.64. The van der Waals surface area contributed by atoms with Gasteiger partial charge in [-0.1, -0.05) is 0 Å². The van der Waals surface area contributed by atoms with Crippen LogP contribution in [0.2, 0.25) is 0 Å². The van der Waals surface area contributed by atoms with Crippen molar-refractivity contribution in [3.05, 3.63) is 40.3 Å². The van der Waals surface area contributed by atoms with Gasteiger partial charge in [-0.25, -0.2) is 14.6 Å². The molecule has 0 N–H and O–H groups in total. The molecule has 1 aliphatic heterocycles. The van der Waals surface area contributed by atoms with Crippen LogP contribution in [0.4, 0.5) is 11.6 Å². The number of rotatable bonds is 3. The molecule has 3 aromatic heterocycles. The minimum atomic E-state index is -0.0572. The lowest BCUT2D eigenvalue weighted by atomic mass is 10.2. The van der Waals surface area contributed by atoms with Gasteiger partial charge in [0.05, 0.1) is 11.4 Å². The molecule has 0 atom stereocenters. The highest BCUT2D eigenvalue weighted by Gasteiger charge is 2.21. The minimum absolute atomic E-state index is 0.0571. The molecule has 1 aliphatic rings. The Labute approximate surface area is 149 Å². The molecule has 130 valence electrons. The first-order valence-electron chi connectivity index (χ1n) is 8.41. The van der Waals surface area contributed by atoms with Crippen LogP contribution in [0, 0.1) is 0 Å². The van der Waals surface area contributed by atoms with Gasteiger partial charge in [0.2, 0.25) is 0 Å². The van der Waals surface area contributed by atoms with E-state index in [1.54, 1.807) is 28.4 Å². The van der Waals surface area contributed by atoms with Crippen LogP contribution >= 0.6 is 11.3 Å². The van der Waals surface area contributed by atoms with Crippen molar-refractivity contribution in [1.29, 1.82) is 0 Å². The third-order valence-corrected chi connectivity index (χ3v) is 5.26. The summed E-state index contributed by atoms with van der Waals surface area (Å²) in [6, 6.07) is 5.57. The van der Waals surface area contributed by atoms with E-state index in [0.29, 0.717) is 0 Å². The molecule has 0 aliphatic carbocycles. The third kappa shape index (κ3) is 2.97. The normalized spacial score (nSPS) is 15.3. The van der Waals surface area contributed by atoms with Crippen molar-refractivity contribution in [3.63, 3.8) is 0 Å². The summed E-state index contributed by atoms with van der Waals surface area (Å²) in [4.78, 5) is 26.3. The summed E-state index contributed by atoms with van der Waals surface area (Å²) in [5, 5.41) is 7.69. The second kappa shape index (κ2) is 6.44. The summed E-state index contributed by atoms with van der Waals surface area (Å²) in [5.41, 5.74) is -0.0572. The van der Waals surface area contributed by atoms with E-state index in [1.165, 1.54) is 0 Å². The molecule has 0 bridgehead atoms. The van der Waals surface area contributed by atoms with Crippen LogP contribution in [0.3, 0.4) is 0 Å². The highest BCUT2D eigenvalue weighted by Crippen LogP contribution is 2.27. The third-order valence-electron chi connectivity index (χ3n) is 4.44. The molecule has 0 unspecified atom stereocenters. The molecule has 1 fully saturated rings. The van der Waals surface area contributed by atoms with E-state index in [2.05, 4.69) is 36.3 Å². The fourth-order valence-electron chi connectivity index (χ4n) is 3.13. The minimum Gasteiger partial charge on any atom is -0.352 e. The monoisotopic (exact) mass is 356 g/mol. The van der Waals surface area contributed by atoms with Crippen LogP contribution < -0.4 is 15.4 Å². The lowest BCUT2D eigenvalue weighted by molar-refractivity contribution is 0.497. The zero-order valence-corrected chi connectivity index (χ0v) is 15.1. The quantitative estimate of drug-likeness (QED) is 0.716. The fourth-order valence-corrected chi connectivity index (χ4v) is 3.86. The van der Waals surface area contributed by atoms with Gasteiger partial charge in [-0.3, -0.25) is 4.79 Å². The van der Waals surface area contributed by atoms with Crippen LogP contribution in [0.15, 0.2) is 34.7 Å². The van der Waals surface area contributed by atoms with Crippen LogP contribution in [0.5, 0.6) is 0 Å². The highest BCUT2D eigenvalue weighted by molar-refractivity contribution is 7.16. The maximum Gasteiger partial charge on any atom is 0.267 e. The van der Waals surface area contributed by atoms with Gasteiger partial charge in [0.15, 0.2) is 0 Å². The summed E-state index contributed by atoms with van der Waals surface area (Å²) in [6.45, 7) is 7.36. The Balaban J connectivity index is 1.53. The number of aromatic nitrogens is 4. The summed E-state index contributed by atoms with van der Waals surface area (Å²) >= 11 is 1.64. The van der Waals surface area contributed by atoms with Crippen molar-refractivity contribution < 1.29 is 0 Å². The zero-order chi connectivity index (χ0) is 17.4. The SMILES string of the molecule is CC(C)n1nc(N2CCN(c3ncnc4sccc34)CC2)ccc1=O. The van der Waals surface area contributed by atoms with E-state index in [4.69, 9.17) is 0 Å². The Kier molecular flexibility index (Phi) is 4.12. The Bertz CT molecular complexity index is 941. The van der Waals surface area contributed by atoms with Crippen molar-refractivity contribution in [1.82, 2.24) is 19.7 Å². The van der Waals surface area contributed by atoms with Crippen molar-refractivity contribution in [3.8, 4) is 0 Å². The molecule has 4 heterocycles. The van der Waals surface area contributed by atoms with E-state index in [-0.39, 0.29) is 11.6 Å². The van der Waals surface area contributed by atoms with E-state index in [9.17, 15) is 4.79 Å². The van der Waals surface area contributed by atoms with Gasteiger partial charge in [-0.15, -0.1) is 11.3 Å². The fraction of sp³-hybridized carbons (Fsp3) is 0.412. The second-order valence-electron chi connectivity index (χ2n) is 6.38. The highest BCUT2D eigenvalue weighted by atomic mass is 32.1. The first kappa shape index (κ1) is 16.0. The lowest BCUT2D eigenvalue weighted by Crippen LogP contribution is -2.47. The molecule has 1 saturated heterocycles. The smallest absolute Gasteiger partial charge is 0.267 e. The second-order valence-corrected chi connectivity index (χ2v) is 7.27. The van der Waals surface area contributed by atoms with Gasteiger partial charge < -0.3 is 9.80 Å². The van der Waals surface area contributed by atoms with Gasteiger partial charge in [0.25, 0.3) is 5.56 Å². The first-order chi connectivity index (χ1) is 12.1. The van der Waals surface area contributed by atoms with Crippen molar-refractivity contribution in [2.75, 3.05) is 36.0 Å². The summed E-state index contributed by atoms with van der Waals surface area (Å²) < 4.78 is 1.54. The molecular weight excluding hydrogens is 336 g/mol. The Hall–Kier alpha value is -2.48. The molecule has 25 heavy (non-hydrogen) atoms. The first-order valence-corrected chi connectivity index (χ1v) is 9.29. The van der Waals surface area contributed by atoms with Gasteiger partial charge in [-0.05, 0) is 31.4 Å². The number of hydrogen-bond donors (Lipinski definition) is 0. The lowest BCUT2D eigenvalue weighted by Gasteiger charge is -2.36. The van der Waals surface area contributed by atoms with Gasteiger partial charge in [0.1, 0.15) is 22.8 Å².